The molecule has 6 nitrogen and oxygen atoms in total. The van der Waals surface area contributed by atoms with Crippen molar-refractivity contribution in [3.05, 3.63) is 69.8 Å². The van der Waals surface area contributed by atoms with E-state index in [1.165, 1.54) is 12.1 Å². The van der Waals surface area contributed by atoms with E-state index in [0.29, 0.717) is 11.3 Å². The average molecular weight is 352 g/mol. The third kappa shape index (κ3) is 3.91. The Labute approximate surface area is 151 Å². The summed E-state index contributed by atoms with van der Waals surface area (Å²) in [6.07, 6.45) is 2.19. The van der Waals surface area contributed by atoms with Gasteiger partial charge in [0.1, 0.15) is 5.75 Å². The molecule has 1 aliphatic heterocycles. The van der Waals surface area contributed by atoms with Crippen molar-refractivity contribution >= 4 is 22.9 Å². The molecule has 0 fully saturated rings. The van der Waals surface area contributed by atoms with Crippen LogP contribution in [0.4, 0.5) is 11.4 Å². The molecule has 0 bridgehead atoms. The third-order valence-corrected chi connectivity index (χ3v) is 4.18. The highest BCUT2D eigenvalue weighted by Gasteiger charge is 2.23. The van der Waals surface area contributed by atoms with Gasteiger partial charge in [0.15, 0.2) is 0 Å². The number of nitrogens with one attached hydrogen (secondary N) is 1. The van der Waals surface area contributed by atoms with Gasteiger partial charge in [0.25, 0.3) is 5.69 Å². The second kappa shape index (κ2) is 6.63. The molecule has 0 spiro atoms. The van der Waals surface area contributed by atoms with E-state index >= 15 is 0 Å². The van der Waals surface area contributed by atoms with Crippen molar-refractivity contribution in [3.8, 4) is 5.75 Å². The predicted octanol–water partition coefficient (Wildman–Crippen LogP) is 4.35. The highest BCUT2D eigenvalue weighted by Crippen LogP contribution is 2.35. The van der Waals surface area contributed by atoms with Crippen LogP contribution < -0.4 is 10.1 Å². The third-order valence-electron chi connectivity index (χ3n) is 4.18. The van der Waals surface area contributed by atoms with Crippen LogP contribution in [0.5, 0.6) is 5.75 Å². The Morgan fingerprint density at radius 2 is 1.88 bits per heavy atom. The minimum Gasteiger partial charge on any atom is -0.426 e. The highest BCUT2D eigenvalue weighted by atomic mass is 16.6. The second-order valence-corrected chi connectivity index (χ2v) is 6.96. The number of carbonyl (C=O) groups excluding carboxylic acids is 1. The van der Waals surface area contributed by atoms with Gasteiger partial charge < -0.3 is 10.1 Å². The van der Waals surface area contributed by atoms with E-state index in [-0.39, 0.29) is 17.6 Å². The van der Waals surface area contributed by atoms with Gasteiger partial charge in [0, 0.05) is 23.4 Å². The molecule has 26 heavy (non-hydrogen) atoms. The minimum absolute atomic E-state index is 0.00510. The van der Waals surface area contributed by atoms with Gasteiger partial charge in [-0.1, -0.05) is 18.2 Å². The summed E-state index contributed by atoms with van der Waals surface area (Å²) in [4.78, 5) is 22.4. The number of nitrogens with zero attached hydrogens (tertiary/aromatic N) is 1. The fourth-order valence-corrected chi connectivity index (χ4v) is 3.09. The number of carbonyl (C=O) groups is 1. The first-order valence-corrected chi connectivity index (χ1v) is 8.29. The number of rotatable bonds is 4. The van der Waals surface area contributed by atoms with Crippen LogP contribution in [-0.2, 0) is 11.2 Å². The van der Waals surface area contributed by atoms with Crippen LogP contribution in [0.1, 0.15) is 31.9 Å². The standard InChI is InChI=1S/C20H20N2O4/c1-13-12-20(2,3)21-18-9-8-16(11-17(13)18)26-19(23)10-14-4-6-15(7-5-14)22(24)25/h4-9,11-12,21H,10H2,1-3H3. The molecule has 0 amide bonds. The number of nitro benzene ring substituents is 1. The molecule has 2 aromatic rings. The zero-order valence-electron chi connectivity index (χ0n) is 14.9. The summed E-state index contributed by atoms with van der Waals surface area (Å²) in [5.74, 6) is 0.0643. The number of nitro groups is 1. The quantitative estimate of drug-likeness (QED) is 0.383. The lowest BCUT2D eigenvalue weighted by Gasteiger charge is -2.31. The molecule has 6 heteroatoms. The molecule has 134 valence electrons. The molecule has 3 rings (SSSR count). The van der Waals surface area contributed by atoms with Crippen molar-refractivity contribution in [2.75, 3.05) is 5.32 Å². The molecule has 0 saturated heterocycles. The Morgan fingerprint density at radius 1 is 1.19 bits per heavy atom. The summed E-state index contributed by atoms with van der Waals surface area (Å²) in [6, 6.07) is 11.4. The number of ether oxygens (including phenoxy) is 1. The van der Waals surface area contributed by atoms with E-state index in [9.17, 15) is 14.9 Å². The number of fused-ring (bicyclic) bond motifs is 1. The lowest BCUT2D eigenvalue weighted by atomic mass is 9.91. The molecule has 0 aliphatic carbocycles. The van der Waals surface area contributed by atoms with Gasteiger partial charge in [-0.2, -0.15) is 0 Å². The van der Waals surface area contributed by atoms with Crippen LogP contribution in [0.3, 0.4) is 0 Å². The van der Waals surface area contributed by atoms with Gasteiger partial charge in [0.05, 0.1) is 16.9 Å². The Kier molecular flexibility index (Phi) is 4.50. The van der Waals surface area contributed by atoms with Crippen LogP contribution in [0.2, 0.25) is 0 Å². The van der Waals surface area contributed by atoms with E-state index in [4.69, 9.17) is 4.74 Å². The maximum Gasteiger partial charge on any atom is 0.315 e. The summed E-state index contributed by atoms with van der Waals surface area (Å²) in [5, 5.41) is 14.1. The monoisotopic (exact) mass is 352 g/mol. The van der Waals surface area contributed by atoms with E-state index in [1.54, 1.807) is 18.2 Å². The van der Waals surface area contributed by atoms with E-state index in [0.717, 1.165) is 16.8 Å². The van der Waals surface area contributed by atoms with Gasteiger partial charge in [-0.3, -0.25) is 14.9 Å². The molecular weight excluding hydrogens is 332 g/mol. The smallest absolute Gasteiger partial charge is 0.315 e. The fraction of sp³-hybridized carbons (Fsp3) is 0.250. The lowest BCUT2D eigenvalue weighted by Crippen LogP contribution is -2.31. The van der Waals surface area contributed by atoms with E-state index in [1.807, 2.05) is 19.1 Å². The second-order valence-electron chi connectivity index (χ2n) is 6.96. The number of non-ortho nitro benzene ring substituents is 1. The molecule has 1 heterocycles. The first-order chi connectivity index (χ1) is 12.2. The molecule has 0 aromatic heterocycles. The predicted molar refractivity (Wildman–Crippen MR) is 100 cm³/mol. The fourth-order valence-electron chi connectivity index (χ4n) is 3.09. The molecule has 0 radical (unpaired) electrons. The SMILES string of the molecule is CC1=CC(C)(C)Nc2ccc(OC(=O)Cc3ccc([N+](=O)[O-])cc3)cc21. The van der Waals surface area contributed by atoms with Crippen LogP contribution in [-0.4, -0.2) is 16.4 Å². The molecule has 0 saturated carbocycles. The van der Waals surface area contributed by atoms with Crippen molar-refractivity contribution in [3.63, 3.8) is 0 Å². The number of benzene rings is 2. The lowest BCUT2D eigenvalue weighted by molar-refractivity contribution is -0.384. The summed E-state index contributed by atoms with van der Waals surface area (Å²) in [7, 11) is 0. The summed E-state index contributed by atoms with van der Waals surface area (Å²) >= 11 is 0. The number of esters is 1. The van der Waals surface area contributed by atoms with Crippen molar-refractivity contribution in [1.29, 1.82) is 0 Å². The topological polar surface area (TPSA) is 81.5 Å². The molecule has 0 unspecified atom stereocenters. The number of hydrogen-bond donors (Lipinski definition) is 1. The Bertz CT molecular complexity index is 899. The first kappa shape index (κ1) is 17.7. The van der Waals surface area contributed by atoms with Gasteiger partial charge in [-0.25, -0.2) is 0 Å². The van der Waals surface area contributed by atoms with Crippen LogP contribution >= 0.6 is 0 Å². The highest BCUT2D eigenvalue weighted by molar-refractivity contribution is 5.82. The van der Waals surface area contributed by atoms with Crippen LogP contribution in [0.25, 0.3) is 5.57 Å². The van der Waals surface area contributed by atoms with Crippen molar-refractivity contribution in [2.45, 2.75) is 32.7 Å². The Morgan fingerprint density at radius 3 is 2.54 bits per heavy atom. The summed E-state index contributed by atoms with van der Waals surface area (Å²) < 4.78 is 5.43. The number of hydrogen-bond acceptors (Lipinski definition) is 5. The maximum absolute atomic E-state index is 12.2. The average Bonchev–Trinajstić information content (AvgIpc) is 2.55. The largest absolute Gasteiger partial charge is 0.426 e. The van der Waals surface area contributed by atoms with Gasteiger partial charge in [-0.05, 0) is 50.1 Å². The van der Waals surface area contributed by atoms with Crippen molar-refractivity contribution in [2.24, 2.45) is 0 Å². The van der Waals surface area contributed by atoms with Crippen molar-refractivity contribution < 1.29 is 14.5 Å². The Hall–Kier alpha value is -3.15. The zero-order chi connectivity index (χ0) is 18.9. The summed E-state index contributed by atoms with van der Waals surface area (Å²) in [6.45, 7) is 6.22. The molecule has 2 aromatic carbocycles. The van der Waals surface area contributed by atoms with E-state index in [2.05, 4.69) is 25.2 Å². The minimum atomic E-state index is -0.472. The first-order valence-electron chi connectivity index (χ1n) is 8.29. The molecule has 0 atom stereocenters. The molecular formula is C20H20N2O4. The number of allylic oxidation sites excluding steroid dienone is 1. The molecule has 1 aliphatic rings. The van der Waals surface area contributed by atoms with E-state index < -0.39 is 10.9 Å². The Balaban J connectivity index is 1.70. The van der Waals surface area contributed by atoms with Gasteiger partial charge in [-0.15, -0.1) is 0 Å². The van der Waals surface area contributed by atoms with Crippen LogP contribution in [0.15, 0.2) is 48.5 Å². The molecule has 1 N–H and O–H groups in total. The summed E-state index contributed by atoms with van der Waals surface area (Å²) in [5.41, 5.74) is 3.67. The number of anilines is 1. The zero-order valence-corrected chi connectivity index (χ0v) is 14.9. The van der Waals surface area contributed by atoms with Crippen molar-refractivity contribution in [1.82, 2.24) is 0 Å². The normalized spacial score (nSPS) is 14.7. The van der Waals surface area contributed by atoms with Gasteiger partial charge in [0.2, 0.25) is 0 Å². The van der Waals surface area contributed by atoms with Gasteiger partial charge >= 0.3 is 5.97 Å². The maximum atomic E-state index is 12.2. The van der Waals surface area contributed by atoms with Crippen LogP contribution in [0, 0.1) is 10.1 Å².